The maximum absolute atomic E-state index is 13.3. The van der Waals surface area contributed by atoms with E-state index in [-0.39, 0.29) is 11.9 Å². The number of nitrogens with one attached hydrogen (secondary N) is 1. The summed E-state index contributed by atoms with van der Waals surface area (Å²) in [6.07, 6.45) is 2.06. The zero-order valence-corrected chi connectivity index (χ0v) is 14.0. The average Bonchev–Trinajstić information content (AvgIpc) is 3.10. The van der Waals surface area contributed by atoms with Crippen LogP contribution < -0.4 is 5.32 Å². The average molecular weight is 335 g/mol. The number of nitrogens with zero attached hydrogens (tertiary/aromatic N) is 4. The van der Waals surface area contributed by atoms with Crippen LogP contribution in [0, 0.1) is 5.82 Å². The predicted molar refractivity (Wildman–Crippen MR) is 94.5 cm³/mol. The van der Waals surface area contributed by atoms with E-state index < -0.39 is 0 Å². The number of aromatic nitrogens is 4. The summed E-state index contributed by atoms with van der Waals surface area (Å²) >= 11 is 0. The van der Waals surface area contributed by atoms with Crippen molar-refractivity contribution in [3.8, 4) is 0 Å². The summed E-state index contributed by atoms with van der Waals surface area (Å²) in [5.41, 5.74) is 4.21. The Hall–Kier alpha value is -3.02. The van der Waals surface area contributed by atoms with Crippen LogP contribution in [0.25, 0.3) is 5.70 Å². The van der Waals surface area contributed by atoms with Crippen LogP contribution in [0.3, 0.4) is 0 Å². The van der Waals surface area contributed by atoms with Gasteiger partial charge in [-0.25, -0.2) is 4.39 Å². The summed E-state index contributed by atoms with van der Waals surface area (Å²) < 4.78 is 15.0. The second kappa shape index (κ2) is 6.12. The fourth-order valence-corrected chi connectivity index (χ4v) is 2.97. The largest absolute Gasteiger partial charge is 0.323 e. The van der Waals surface area contributed by atoms with Crippen molar-refractivity contribution >= 4 is 11.6 Å². The Morgan fingerprint density at radius 2 is 1.76 bits per heavy atom. The molecule has 0 saturated heterocycles. The molecule has 6 heteroatoms. The molecule has 0 saturated carbocycles. The van der Waals surface area contributed by atoms with Crippen LogP contribution in [0.2, 0.25) is 0 Å². The molecule has 5 nitrogen and oxygen atoms in total. The van der Waals surface area contributed by atoms with Gasteiger partial charge in [0.2, 0.25) is 5.95 Å². The Balaban J connectivity index is 1.74. The van der Waals surface area contributed by atoms with Gasteiger partial charge in [-0.2, -0.15) is 4.68 Å². The first-order valence-corrected chi connectivity index (χ1v) is 8.24. The lowest BCUT2D eigenvalue weighted by Gasteiger charge is -2.23. The van der Waals surface area contributed by atoms with E-state index in [0.29, 0.717) is 11.9 Å². The highest BCUT2D eigenvalue weighted by molar-refractivity contribution is 5.77. The van der Waals surface area contributed by atoms with Gasteiger partial charge in [0.25, 0.3) is 0 Å². The first-order valence-electron chi connectivity index (χ1n) is 8.24. The maximum atomic E-state index is 13.3. The first-order chi connectivity index (χ1) is 12.1. The van der Waals surface area contributed by atoms with E-state index in [0.717, 1.165) is 16.8 Å². The molecule has 2 heterocycles. The molecular formula is C19H18FN5. The Morgan fingerprint density at radius 1 is 1.04 bits per heavy atom. The molecule has 2 aromatic carbocycles. The van der Waals surface area contributed by atoms with Crippen LogP contribution in [0.5, 0.6) is 0 Å². The molecule has 126 valence electrons. The third-order valence-electron chi connectivity index (χ3n) is 4.43. The molecule has 1 N–H and O–H groups in total. The number of benzene rings is 2. The van der Waals surface area contributed by atoms with E-state index >= 15 is 0 Å². The van der Waals surface area contributed by atoms with E-state index in [2.05, 4.69) is 65.0 Å². The van der Waals surface area contributed by atoms with Crippen LogP contribution in [0.4, 0.5) is 10.3 Å². The Labute approximate surface area is 145 Å². The summed E-state index contributed by atoms with van der Waals surface area (Å²) in [5.74, 6) is 0.796. The van der Waals surface area contributed by atoms with Gasteiger partial charge < -0.3 is 5.32 Å². The van der Waals surface area contributed by atoms with Crippen LogP contribution in [0.1, 0.15) is 42.5 Å². The molecule has 1 aliphatic heterocycles. The van der Waals surface area contributed by atoms with Crippen molar-refractivity contribution in [1.82, 2.24) is 20.2 Å². The van der Waals surface area contributed by atoms with Gasteiger partial charge in [0.15, 0.2) is 0 Å². The lowest BCUT2D eigenvalue weighted by Crippen LogP contribution is -2.20. The summed E-state index contributed by atoms with van der Waals surface area (Å²) in [5, 5.41) is 15.1. The van der Waals surface area contributed by atoms with Crippen molar-refractivity contribution in [3.05, 3.63) is 77.1 Å². The second-order valence-electron chi connectivity index (χ2n) is 6.43. The molecule has 1 aromatic heterocycles. The minimum Gasteiger partial charge on any atom is -0.323 e. The fourth-order valence-electron chi connectivity index (χ4n) is 2.97. The molecule has 0 spiro atoms. The number of tetrazole rings is 1. The highest BCUT2D eigenvalue weighted by Gasteiger charge is 2.24. The number of allylic oxidation sites excluding steroid dienone is 1. The summed E-state index contributed by atoms with van der Waals surface area (Å²) in [6.45, 7) is 4.34. The smallest absolute Gasteiger partial charge is 0.248 e. The summed E-state index contributed by atoms with van der Waals surface area (Å²) in [4.78, 5) is 0. The lowest BCUT2D eigenvalue weighted by molar-refractivity contribution is 0.582. The molecule has 4 rings (SSSR count). The van der Waals surface area contributed by atoms with Gasteiger partial charge in [-0.3, -0.25) is 0 Å². The number of anilines is 1. The highest BCUT2D eigenvalue weighted by atomic mass is 19.1. The normalized spacial score (nSPS) is 16.3. The Kier molecular flexibility index (Phi) is 3.80. The molecule has 0 aliphatic carbocycles. The number of hydrogen-bond donors (Lipinski definition) is 1. The number of halogens is 1. The summed E-state index contributed by atoms with van der Waals surface area (Å²) in [7, 11) is 0. The zero-order chi connectivity index (χ0) is 17.4. The van der Waals surface area contributed by atoms with E-state index in [4.69, 9.17) is 0 Å². The number of fused-ring (bicyclic) bond motifs is 1. The van der Waals surface area contributed by atoms with Crippen LogP contribution >= 0.6 is 0 Å². The number of hydrogen-bond acceptors (Lipinski definition) is 4. The predicted octanol–water partition coefficient (Wildman–Crippen LogP) is 3.99. The molecule has 1 atom stereocenters. The van der Waals surface area contributed by atoms with Gasteiger partial charge in [0.1, 0.15) is 11.9 Å². The monoisotopic (exact) mass is 335 g/mol. The maximum Gasteiger partial charge on any atom is 0.248 e. The minimum atomic E-state index is -0.261. The molecule has 3 aromatic rings. The van der Waals surface area contributed by atoms with Crippen LogP contribution in [-0.2, 0) is 0 Å². The van der Waals surface area contributed by atoms with Gasteiger partial charge in [0, 0.05) is 5.70 Å². The molecule has 0 unspecified atom stereocenters. The third kappa shape index (κ3) is 2.91. The minimum absolute atomic E-state index is 0.188. The van der Waals surface area contributed by atoms with Crippen LogP contribution in [0.15, 0.2) is 54.6 Å². The van der Waals surface area contributed by atoms with E-state index in [1.165, 1.54) is 17.7 Å². The topological polar surface area (TPSA) is 55.6 Å². The van der Waals surface area contributed by atoms with E-state index in [9.17, 15) is 4.39 Å². The fraction of sp³-hybridized carbons (Fsp3) is 0.211. The standard InChI is InChI=1S/C19H18FN5/c1-12(2)13-3-5-14(6-4-13)17-11-18(15-7-9-16(20)10-8-15)25-19(21-17)22-23-24-25/h3-12,18H,1-2H3,(H,21,22,24)/t18-/m0/s1. The third-order valence-corrected chi connectivity index (χ3v) is 4.43. The van der Waals surface area contributed by atoms with Gasteiger partial charge in [-0.1, -0.05) is 55.3 Å². The van der Waals surface area contributed by atoms with E-state index in [1.54, 1.807) is 16.8 Å². The SMILES string of the molecule is CC(C)c1ccc(C2=C[C@@H](c3ccc(F)cc3)n3nnnc3N2)cc1. The van der Waals surface area contributed by atoms with Crippen molar-refractivity contribution in [2.45, 2.75) is 25.8 Å². The molecule has 1 aliphatic rings. The lowest BCUT2D eigenvalue weighted by atomic mass is 9.98. The van der Waals surface area contributed by atoms with Gasteiger partial charge in [-0.05, 0) is 51.2 Å². The van der Waals surface area contributed by atoms with Crippen molar-refractivity contribution in [2.75, 3.05) is 5.32 Å². The van der Waals surface area contributed by atoms with E-state index in [1.807, 2.05) is 0 Å². The van der Waals surface area contributed by atoms with Crippen molar-refractivity contribution in [3.63, 3.8) is 0 Å². The van der Waals surface area contributed by atoms with Crippen LogP contribution in [-0.4, -0.2) is 20.2 Å². The Bertz CT molecular complexity index is 910. The molecular weight excluding hydrogens is 317 g/mol. The van der Waals surface area contributed by atoms with Crippen molar-refractivity contribution in [2.24, 2.45) is 0 Å². The van der Waals surface area contributed by atoms with Gasteiger partial charge in [-0.15, -0.1) is 0 Å². The highest BCUT2D eigenvalue weighted by Crippen LogP contribution is 2.32. The summed E-state index contributed by atoms with van der Waals surface area (Å²) in [6, 6.07) is 14.7. The first kappa shape index (κ1) is 15.5. The zero-order valence-electron chi connectivity index (χ0n) is 14.0. The molecule has 0 amide bonds. The Morgan fingerprint density at radius 3 is 2.44 bits per heavy atom. The van der Waals surface area contributed by atoms with Crippen molar-refractivity contribution in [1.29, 1.82) is 0 Å². The molecule has 25 heavy (non-hydrogen) atoms. The quantitative estimate of drug-likeness (QED) is 0.786. The van der Waals surface area contributed by atoms with Gasteiger partial charge in [0.05, 0.1) is 0 Å². The van der Waals surface area contributed by atoms with Crippen molar-refractivity contribution < 1.29 is 4.39 Å². The molecule has 0 bridgehead atoms. The molecule has 0 radical (unpaired) electrons. The second-order valence-corrected chi connectivity index (χ2v) is 6.43. The van der Waals surface area contributed by atoms with Gasteiger partial charge >= 0.3 is 0 Å². The molecule has 0 fully saturated rings. The number of rotatable bonds is 3.